The number of hydrogen-bond acceptors (Lipinski definition) is 5. The van der Waals surface area contributed by atoms with Crippen LogP contribution in [0.25, 0.3) is 0 Å². The van der Waals surface area contributed by atoms with Gasteiger partial charge in [-0.25, -0.2) is 14.4 Å². The highest BCUT2D eigenvalue weighted by Gasteiger charge is 2.09. The van der Waals surface area contributed by atoms with Crippen LogP contribution in [0.4, 0.5) is 10.1 Å². The molecule has 3 aromatic carbocycles. The number of halogens is 1. The molecule has 0 saturated heterocycles. The lowest BCUT2D eigenvalue weighted by Gasteiger charge is -2.08. The molecular formula is C23H16FN3O3. The fourth-order valence-corrected chi connectivity index (χ4v) is 2.56. The summed E-state index contributed by atoms with van der Waals surface area (Å²) in [6.45, 7) is 0. The predicted octanol–water partition coefficient (Wildman–Crippen LogP) is 5.45. The van der Waals surface area contributed by atoms with Crippen molar-refractivity contribution in [3.8, 4) is 23.3 Å². The number of carbonyl (C=O) groups excluding carboxylic acids is 1. The lowest BCUT2D eigenvalue weighted by Crippen LogP contribution is -2.12. The van der Waals surface area contributed by atoms with Crippen LogP contribution in [0.2, 0.25) is 0 Å². The van der Waals surface area contributed by atoms with E-state index in [-0.39, 0.29) is 17.7 Å². The Morgan fingerprint density at radius 3 is 2.10 bits per heavy atom. The summed E-state index contributed by atoms with van der Waals surface area (Å²) >= 11 is 0. The maximum atomic E-state index is 13.6. The van der Waals surface area contributed by atoms with Crippen LogP contribution in [0.3, 0.4) is 0 Å². The molecule has 1 amide bonds. The van der Waals surface area contributed by atoms with E-state index >= 15 is 0 Å². The van der Waals surface area contributed by atoms with Crippen molar-refractivity contribution in [1.82, 2.24) is 9.97 Å². The maximum absolute atomic E-state index is 13.6. The molecule has 4 rings (SSSR count). The third kappa shape index (κ3) is 4.77. The Morgan fingerprint density at radius 1 is 0.767 bits per heavy atom. The normalized spacial score (nSPS) is 10.3. The summed E-state index contributed by atoms with van der Waals surface area (Å²) in [5.74, 6) is 0.512. The molecule has 6 nitrogen and oxygen atoms in total. The Balaban J connectivity index is 1.37. The fourth-order valence-electron chi connectivity index (χ4n) is 2.56. The largest absolute Gasteiger partial charge is 0.457 e. The highest BCUT2D eigenvalue weighted by atomic mass is 19.1. The van der Waals surface area contributed by atoms with Crippen molar-refractivity contribution >= 4 is 11.6 Å². The SMILES string of the molecule is O=C(Nc1cnc(Oc2ccccc2F)nc1)c1ccc(Oc2ccccc2)cc1. The average molecular weight is 401 g/mol. The molecule has 0 saturated carbocycles. The summed E-state index contributed by atoms with van der Waals surface area (Å²) in [6, 6.07) is 22.0. The van der Waals surface area contributed by atoms with Gasteiger partial charge in [0.05, 0.1) is 18.1 Å². The Kier molecular flexibility index (Phi) is 5.61. The van der Waals surface area contributed by atoms with Gasteiger partial charge in [-0.2, -0.15) is 0 Å². The molecule has 0 fully saturated rings. The standard InChI is InChI=1S/C23H16FN3O3/c24-20-8-4-5-9-21(20)30-23-25-14-17(15-26-23)27-22(28)16-10-12-19(13-11-16)29-18-6-2-1-3-7-18/h1-15H,(H,27,28). The molecule has 7 heteroatoms. The first kappa shape index (κ1) is 19.1. The zero-order chi connectivity index (χ0) is 20.8. The van der Waals surface area contributed by atoms with Gasteiger partial charge < -0.3 is 14.8 Å². The van der Waals surface area contributed by atoms with Crippen LogP contribution < -0.4 is 14.8 Å². The summed E-state index contributed by atoms with van der Waals surface area (Å²) in [4.78, 5) is 20.4. The molecule has 1 heterocycles. The number of nitrogens with one attached hydrogen (secondary N) is 1. The van der Waals surface area contributed by atoms with E-state index in [1.165, 1.54) is 24.5 Å². The van der Waals surface area contributed by atoms with E-state index in [0.29, 0.717) is 22.7 Å². The van der Waals surface area contributed by atoms with Crippen LogP contribution in [-0.2, 0) is 0 Å². The summed E-state index contributed by atoms with van der Waals surface area (Å²) in [6.07, 6.45) is 2.77. The van der Waals surface area contributed by atoms with E-state index in [1.807, 2.05) is 30.3 Å². The van der Waals surface area contributed by atoms with Gasteiger partial charge in [0.2, 0.25) is 0 Å². The molecule has 30 heavy (non-hydrogen) atoms. The molecule has 0 spiro atoms. The lowest BCUT2D eigenvalue weighted by atomic mass is 10.2. The first-order chi connectivity index (χ1) is 14.7. The highest BCUT2D eigenvalue weighted by molar-refractivity contribution is 6.04. The molecule has 0 aliphatic heterocycles. The van der Waals surface area contributed by atoms with Gasteiger partial charge in [0.25, 0.3) is 5.91 Å². The Bertz CT molecular complexity index is 1130. The van der Waals surface area contributed by atoms with Gasteiger partial charge in [0.1, 0.15) is 11.5 Å². The van der Waals surface area contributed by atoms with E-state index in [2.05, 4.69) is 15.3 Å². The molecule has 0 aliphatic carbocycles. The Morgan fingerprint density at radius 2 is 1.40 bits per heavy atom. The first-order valence-corrected chi connectivity index (χ1v) is 9.06. The number of nitrogens with zero attached hydrogens (tertiary/aromatic N) is 2. The summed E-state index contributed by atoms with van der Waals surface area (Å²) in [7, 11) is 0. The summed E-state index contributed by atoms with van der Waals surface area (Å²) < 4.78 is 24.6. The van der Waals surface area contributed by atoms with E-state index in [1.54, 1.807) is 36.4 Å². The number of benzene rings is 3. The first-order valence-electron chi connectivity index (χ1n) is 9.06. The molecule has 0 aliphatic rings. The Hall–Kier alpha value is -4.26. The monoisotopic (exact) mass is 401 g/mol. The quantitative estimate of drug-likeness (QED) is 0.465. The van der Waals surface area contributed by atoms with Gasteiger partial charge in [-0.15, -0.1) is 0 Å². The van der Waals surface area contributed by atoms with Crippen molar-refractivity contribution in [3.63, 3.8) is 0 Å². The molecule has 4 aromatic rings. The Labute approximate surface area is 172 Å². The van der Waals surface area contributed by atoms with Gasteiger partial charge in [-0.3, -0.25) is 4.79 Å². The van der Waals surface area contributed by atoms with Gasteiger partial charge in [-0.1, -0.05) is 30.3 Å². The van der Waals surface area contributed by atoms with Crippen molar-refractivity contribution in [3.05, 3.63) is 103 Å². The minimum Gasteiger partial charge on any atom is -0.457 e. The van der Waals surface area contributed by atoms with Crippen LogP contribution in [0.1, 0.15) is 10.4 Å². The summed E-state index contributed by atoms with van der Waals surface area (Å²) in [5.41, 5.74) is 0.826. The van der Waals surface area contributed by atoms with Gasteiger partial charge in [0.15, 0.2) is 11.6 Å². The molecule has 0 bridgehead atoms. The van der Waals surface area contributed by atoms with Crippen LogP contribution in [0, 0.1) is 5.82 Å². The van der Waals surface area contributed by atoms with Crippen LogP contribution >= 0.6 is 0 Å². The van der Waals surface area contributed by atoms with E-state index in [0.717, 1.165) is 0 Å². The average Bonchev–Trinajstić information content (AvgIpc) is 2.78. The number of ether oxygens (including phenoxy) is 2. The molecule has 0 radical (unpaired) electrons. The number of amides is 1. The van der Waals surface area contributed by atoms with Gasteiger partial charge >= 0.3 is 6.01 Å². The fraction of sp³-hybridized carbons (Fsp3) is 0. The van der Waals surface area contributed by atoms with Gasteiger partial charge in [-0.05, 0) is 48.5 Å². The van der Waals surface area contributed by atoms with Crippen molar-refractivity contribution in [2.24, 2.45) is 0 Å². The minimum atomic E-state index is -0.516. The molecule has 148 valence electrons. The number of rotatable bonds is 6. The summed E-state index contributed by atoms with van der Waals surface area (Å²) in [5, 5.41) is 2.70. The zero-order valence-corrected chi connectivity index (χ0v) is 15.7. The van der Waals surface area contributed by atoms with E-state index in [4.69, 9.17) is 9.47 Å². The van der Waals surface area contributed by atoms with Crippen molar-refractivity contribution < 1.29 is 18.7 Å². The second kappa shape index (κ2) is 8.83. The number of hydrogen-bond donors (Lipinski definition) is 1. The van der Waals surface area contributed by atoms with Crippen molar-refractivity contribution in [1.29, 1.82) is 0 Å². The third-order valence-electron chi connectivity index (χ3n) is 4.02. The van der Waals surface area contributed by atoms with E-state index in [9.17, 15) is 9.18 Å². The van der Waals surface area contributed by atoms with Crippen molar-refractivity contribution in [2.75, 3.05) is 5.32 Å². The van der Waals surface area contributed by atoms with Gasteiger partial charge in [0, 0.05) is 5.56 Å². The number of para-hydroxylation sites is 2. The molecule has 0 unspecified atom stereocenters. The minimum absolute atomic E-state index is 0.0205. The maximum Gasteiger partial charge on any atom is 0.322 e. The predicted molar refractivity (Wildman–Crippen MR) is 109 cm³/mol. The molecular weight excluding hydrogens is 385 g/mol. The molecule has 1 aromatic heterocycles. The number of aromatic nitrogens is 2. The second-order valence-electron chi connectivity index (χ2n) is 6.18. The van der Waals surface area contributed by atoms with E-state index < -0.39 is 5.82 Å². The topological polar surface area (TPSA) is 73.3 Å². The molecule has 0 atom stereocenters. The third-order valence-corrected chi connectivity index (χ3v) is 4.02. The number of carbonyl (C=O) groups is 1. The number of anilines is 1. The van der Waals surface area contributed by atoms with Crippen molar-refractivity contribution in [2.45, 2.75) is 0 Å². The van der Waals surface area contributed by atoms with Crippen LogP contribution in [0.15, 0.2) is 91.3 Å². The second-order valence-corrected chi connectivity index (χ2v) is 6.18. The van der Waals surface area contributed by atoms with Crippen LogP contribution in [-0.4, -0.2) is 15.9 Å². The zero-order valence-electron chi connectivity index (χ0n) is 15.7. The van der Waals surface area contributed by atoms with Crippen LogP contribution in [0.5, 0.6) is 23.3 Å². The highest BCUT2D eigenvalue weighted by Crippen LogP contribution is 2.23. The smallest absolute Gasteiger partial charge is 0.322 e. The lowest BCUT2D eigenvalue weighted by molar-refractivity contribution is 0.102. The molecule has 1 N–H and O–H groups in total.